The average Bonchev–Trinajstić information content (AvgIpc) is 3.15. The number of carbonyl (C=O) groups is 1. The number of benzene rings is 3. The normalized spacial score (nSPS) is 11.6. The van der Waals surface area contributed by atoms with Gasteiger partial charge in [-0.1, -0.05) is 57.3 Å². The van der Waals surface area contributed by atoms with E-state index in [1.54, 1.807) is 60.7 Å². The summed E-state index contributed by atoms with van der Waals surface area (Å²) in [6.45, 7) is 3.38. The van der Waals surface area contributed by atoms with Gasteiger partial charge in [0.25, 0.3) is 15.9 Å². The summed E-state index contributed by atoms with van der Waals surface area (Å²) in [4.78, 5) is 12.9. The maximum atomic E-state index is 13.4. The molecule has 3 aromatic carbocycles. The molecule has 11 heteroatoms. The van der Waals surface area contributed by atoms with Crippen molar-refractivity contribution in [2.24, 2.45) is 5.10 Å². The van der Waals surface area contributed by atoms with Gasteiger partial charge in [0.2, 0.25) is 0 Å². The van der Waals surface area contributed by atoms with Crippen molar-refractivity contribution in [2.75, 3.05) is 10.8 Å². The second-order valence-electron chi connectivity index (χ2n) is 8.38. The van der Waals surface area contributed by atoms with Crippen LogP contribution in [0.3, 0.4) is 0 Å². The smallest absolute Gasteiger partial charge is 0.264 e. The molecule has 1 N–H and O–H groups in total. The van der Waals surface area contributed by atoms with Crippen LogP contribution in [0.4, 0.5) is 5.69 Å². The molecule has 196 valence electrons. The Kier molecular flexibility index (Phi) is 8.62. The molecule has 0 atom stereocenters. The second kappa shape index (κ2) is 11.7. The highest BCUT2D eigenvalue weighted by Gasteiger charge is 2.27. The molecule has 0 fully saturated rings. The van der Waals surface area contributed by atoms with Gasteiger partial charge in [0.15, 0.2) is 0 Å². The highest BCUT2D eigenvalue weighted by molar-refractivity contribution is 9.10. The second-order valence-corrected chi connectivity index (χ2v) is 12.0. The number of nitrogens with zero attached hydrogens (tertiary/aromatic N) is 3. The first-order chi connectivity index (χ1) is 18.1. The van der Waals surface area contributed by atoms with Crippen molar-refractivity contribution in [3.05, 3.63) is 110 Å². The van der Waals surface area contributed by atoms with Crippen molar-refractivity contribution in [3.8, 4) is 5.69 Å². The molecule has 0 unspecified atom stereocenters. The number of hydrogen-bond acceptors (Lipinski definition) is 4. The number of amides is 1. The van der Waals surface area contributed by atoms with Gasteiger partial charge in [0.05, 0.1) is 16.8 Å². The molecule has 38 heavy (non-hydrogen) atoms. The van der Waals surface area contributed by atoms with E-state index in [-0.39, 0.29) is 4.90 Å². The first kappa shape index (κ1) is 27.9. The van der Waals surface area contributed by atoms with Crippen LogP contribution < -0.4 is 9.73 Å². The molecule has 4 aromatic rings. The number of sulfonamides is 1. The number of hydrazone groups is 1. The highest BCUT2D eigenvalue weighted by Crippen LogP contribution is 2.27. The quantitative estimate of drug-likeness (QED) is 0.177. The van der Waals surface area contributed by atoms with Crippen LogP contribution in [0.1, 0.15) is 17.0 Å². The van der Waals surface area contributed by atoms with Gasteiger partial charge in [-0.3, -0.25) is 9.10 Å². The Labute approximate surface area is 239 Å². The van der Waals surface area contributed by atoms with Gasteiger partial charge in [-0.15, -0.1) is 0 Å². The molecule has 0 bridgehead atoms. The van der Waals surface area contributed by atoms with Gasteiger partial charge in [-0.25, -0.2) is 13.8 Å². The van der Waals surface area contributed by atoms with Gasteiger partial charge < -0.3 is 4.57 Å². The van der Waals surface area contributed by atoms with Crippen molar-refractivity contribution in [3.63, 3.8) is 0 Å². The molecular formula is C27H23BrCl2N4O3S. The lowest BCUT2D eigenvalue weighted by Gasteiger charge is -2.23. The predicted octanol–water partition coefficient (Wildman–Crippen LogP) is 6.51. The summed E-state index contributed by atoms with van der Waals surface area (Å²) in [5, 5.41) is 5.12. The predicted molar refractivity (Wildman–Crippen MR) is 156 cm³/mol. The van der Waals surface area contributed by atoms with Gasteiger partial charge in [0, 0.05) is 37.2 Å². The molecule has 0 radical (unpaired) electrons. The molecule has 4 rings (SSSR count). The van der Waals surface area contributed by atoms with E-state index in [1.165, 1.54) is 18.3 Å². The minimum absolute atomic E-state index is 0.0766. The van der Waals surface area contributed by atoms with E-state index < -0.39 is 22.5 Å². The maximum absolute atomic E-state index is 13.4. The van der Waals surface area contributed by atoms with E-state index in [9.17, 15) is 13.2 Å². The highest BCUT2D eigenvalue weighted by atomic mass is 79.9. The molecule has 0 aliphatic rings. The molecule has 7 nitrogen and oxygen atoms in total. The molecule has 1 aromatic heterocycles. The molecule has 1 heterocycles. The van der Waals surface area contributed by atoms with Gasteiger partial charge in [-0.2, -0.15) is 5.10 Å². The monoisotopic (exact) mass is 632 g/mol. The number of aryl methyl sites for hydroxylation is 1. The van der Waals surface area contributed by atoms with Crippen molar-refractivity contribution in [2.45, 2.75) is 18.7 Å². The average molecular weight is 634 g/mol. The van der Waals surface area contributed by atoms with Crippen molar-refractivity contribution in [1.82, 2.24) is 9.99 Å². The van der Waals surface area contributed by atoms with Crippen molar-refractivity contribution in [1.29, 1.82) is 0 Å². The van der Waals surface area contributed by atoms with Gasteiger partial charge in [-0.05, 0) is 74.5 Å². The molecule has 0 saturated carbocycles. The Bertz CT molecular complexity index is 1590. The van der Waals surface area contributed by atoms with Crippen LogP contribution in [-0.4, -0.2) is 31.7 Å². The number of anilines is 1. The van der Waals surface area contributed by atoms with Crippen LogP contribution >= 0.6 is 39.1 Å². The SMILES string of the molecule is Cc1cc(/C=N/NC(=O)CN(c2ccc(Br)cc2)S(=O)(=O)c2ccccc2)c(C)n1-c1cc(Cl)cc(Cl)c1. The Balaban J connectivity index is 1.55. The summed E-state index contributed by atoms with van der Waals surface area (Å²) < 4.78 is 30.6. The first-order valence-corrected chi connectivity index (χ1v) is 14.4. The zero-order valence-corrected chi connectivity index (χ0v) is 24.3. The molecular weight excluding hydrogens is 611 g/mol. The van der Waals surface area contributed by atoms with Crippen LogP contribution in [0.2, 0.25) is 10.0 Å². The Morgan fingerprint density at radius 1 is 1.00 bits per heavy atom. The maximum Gasteiger partial charge on any atom is 0.264 e. The van der Waals surface area contributed by atoms with Crippen LogP contribution in [0.25, 0.3) is 5.69 Å². The summed E-state index contributed by atoms with van der Waals surface area (Å²) in [6, 6.07) is 21.8. The number of aromatic nitrogens is 1. The first-order valence-electron chi connectivity index (χ1n) is 11.4. The van der Waals surface area contributed by atoms with Crippen molar-refractivity contribution >= 4 is 67.0 Å². The number of halogens is 3. The Morgan fingerprint density at radius 3 is 2.26 bits per heavy atom. The summed E-state index contributed by atoms with van der Waals surface area (Å²) in [7, 11) is -4.01. The lowest BCUT2D eigenvalue weighted by molar-refractivity contribution is -0.119. The third-order valence-electron chi connectivity index (χ3n) is 5.70. The van der Waals surface area contributed by atoms with E-state index in [4.69, 9.17) is 23.2 Å². The van der Waals surface area contributed by atoms with Crippen LogP contribution in [-0.2, 0) is 14.8 Å². The molecule has 0 spiro atoms. The number of rotatable bonds is 8. The molecule has 1 amide bonds. The zero-order valence-electron chi connectivity index (χ0n) is 20.4. The Hall–Kier alpha value is -3.11. The largest absolute Gasteiger partial charge is 0.318 e. The zero-order chi connectivity index (χ0) is 27.4. The lowest BCUT2D eigenvalue weighted by Crippen LogP contribution is -2.39. The molecule has 0 aliphatic heterocycles. The summed E-state index contributed by atoms with van der Waals surface area (Å²) in [5.41, 5.74) is 6.14. The minimum Gasteiger partial charge on any atom is -0.318 e. The standard InChI is InChI=1S/C27H23BrCl2N4O3S/c1-18-12-20(19(2)34(18)25-14-22(29)13-23(30)15-25)16-31-32-27(35)17-33(24-10-8-21(28)9-11-24)38(36,37)26-6-4-3-5-7-26/h3-16H,17H2,1-2H3,(H,32,35)/b31-16+. The number of nitrogens with one attached hydrogen (secondary N) is 1. The van der Waals surface area contributed by atoms with Crippen molar-refractivity contribution < 1.29 is 13.2 Å². The fraction of sp³-hybridized carbons (Fsp3) is 0.111. The van der Waals surface area contributed by atoms with E-state index in [0.29, 0.717) is 15.7 Å². The lowest BCUT2D eigenvalue weighted by atomic mass is 10.2. The fourth-order valence-electron chi connectivity index (χ4n) is 3.97. The number of carbonyl (C=O) groups excluding carboxylic acids is 1. The summed E-state index contributed by atoms with van der Waals surface area (Å²) in [5.74, 6) is -0.598. The third-order valence-corrected chi connectivity index (χ3v) is 8.45. The third kappa shape index (κ3) is 6.30. The van der Waals surface area contributed by atoms with Gasteiger partial charge >= 0.3 is 0 Å². The fourth-order valence-corrected chi connectivity index (χ4v) is 6.19. The van der Waals surface area contributed by atoms with Crippen LogP contribution in [0.5, 0.6) is 0 Å². The van der Waals surface area contributed by atoms with E-state index in [2.05, 4.69) is 26.5 Å². The van der Waals surface area contributed by atoms with E-state index in [0.717, 1.165) is 31.4 Å². The summed E-state index contributed by atoms with van der Waals surface area (Å²) in [6.07, 6.45) is 1.51. The molecule has 0 saturated heterocycles. The topological polar surface area (TPSA) is 83.8 Å². The molecule has 0 aliphatic carbocycles. The van der Waals surface area contributed by atoms with Gasteiger partial charge in [0.1, 0.15) is 6.54 Å². The van der Waals surface area contributed by atoms with Crippen LogP contribution in [0, 0.1) is 13.8 Å². The van der Waals surface area contributed by atoms with Crippen LogP contribution in [0.15, 0.2) is 93.3 Å². The van der Waals surface area contributed by atoms with E-state index >= 15 is 0 Å². The Morgan fingerprint density at radius 2 is 1.63 bits per heavy atom. The minimum atomic E-state index is -4.01. The van der Waals surface area contributed by atoms with E-state index in [1.807, 2.05) is 24.5 Å². The summed E-state index contributed by atoms with van der Waals surface area (Å²) >= 11 is 15.7. The number of hydrogen-bond donors (Lipinski definition) is 1.